The molecule has 0 radical (unpaired) electrons. The summed E-state index contributed by atoms with van der Waals surface area (Å²) in [5, 5.41) is 0. The van der Waals surface area contributed by atoms with Crippen molar-refractivity contribution < 1.29 is 14.3 Å². The first-order valence-corrected chi connectivity index (χ1v) is 9.01. The number of piperidine rings is 1. The van der Waals surface area contributed by atoms with Gasteiger partial charge in [0.1, 0.15) is 5.60 Å². The number of hydrogen-bond donors (Lipinski definition) is 0. The molecule has 2 saturated heterocycles. The lowest BCUT2D eigenvalue weighted by atomic mass is 9.83. The van der Waals surface area contributed by atoms with Gasteiger partial charge in [0.15, 0.2) is 0 Å². The van der Waals surface area contributed by atoms with Crippen LogP contribution in [0.1, 0.15) is 45.6 Å². The third-order valence-electron chi connectivity index (χ3n) is 4.98. The van der Waals surface area contributed by atoms with Crippen molar-refractivity contribution in [3.8, 4) is 0 Å². The van der Waals surface area contributed by atoms with Gasteiger partial charge in [0, 0.05) is 13.1 Å². The Morgan fingerprint density at radius 2 is 1.92 bits per heavy atom. The number of amides is 1. The van der Waals surface area contributed by atoms with E-state index >= 15 is 0 Å². The van der Waals surface area contributed by atoms with Gasteiger partial charge in [-0.1, -0.05) is 30.3 Å². The molecule has 4 heteroatoms. The van der Waals surface area contributed by atoms with E-state index in [2.05, 4.69) is 30.3 Å². The van der Waals surface area contributed by atoms with E-state index in [0.717, 1.165) is 45.4 Å². The monoisotopic (exact) mass is 331 g/mol. The molecule has 1 aromatic carbocycles. The molecule has 0 N–H and O–H groups in total. The lowest BCUT2D eigenvalue weighted by Crippen LogP contribution is -2.47. The molecule has 132 valence electrons. The van der Waals surface area contributed by atoms with Crippen LogP contribution in [-0.2, 0) is 15.9 Å². The quantitative estimate of drug-likeness (QED) is 0.821. The molecule has 2 aliphatic heterocycles. The fourth-order valence-electron chi connectivity index (χ4n) is 3.79. The second-order valence-corrected chi connectivity index (χ2v) is 8.22. The van der Waals surface area contributed by atoms with Gasteiger partial charge in [0.2, 0.25) is 0 Å². The summed E-state index contributed by atoms with van der Waals surface area (Å²) in [5.41, 5.74) is 0.920. The topological polar surface area (TPSA) is 38.8 Å². The molecule has 1 amide bonds. The van der Waals surface area contributed by atoms with Crippen molar-refractivity contribution >= 4 is 6.09 Å². The highest BCUT2D eigenvalue weighted by atomic mass is 16.6. The Hall–Kier alpha value is -1.55. The molecule has 2 heterocycles. The summed E-state index contributed by atoms with van der Waals surface area (Å²) in [6.07, 6.45) is 3.81. The van der Waals surface area contributed by atoms with E-state index in [1.807, 2.05) is 25.7 Å². The molecule has 1 spiro atoms. The highest BCUT2D eigenvalue weighted by molar-refractivity contribution is 5.68. The predicted octanol–water partition coefficient (Wildman–Crippen LogP) is 4.04. The third kappa shape index (κ3) is 4.29. The van der Waals surface area contributed by atoms with Crippen molar-refractivity contribution in [3.05, 3.63) is 35.9 Å². The van der Waals surface area contributed by atoms with Gasteiger partial charge in [-0.25, -0.2) is 4.79 Å². The van der Waals surface area contributed by atoms with Gasteiger partial charge in [0.05, 0.1) is 12.2 Å². The number of likely N-dealkylation sites (tertiary alicyclic amines) is 1. The van der Waals surface area contributed by atoms with Crippen LogP contribution in [0.4, 0.5) is 4.79 Å². The smallest absolute Gasteiger partial charge is 0.410 e. The fourth-order valence-corrected chi connectivity index (χ4v) is 3.79. The summed E-state index contributed by atoms with van der Waals surface area (Å²) < 4.78 is 11.7. The number of rotatable bonds is 2. The third-order valence-corrected chi connectivity index (χ3v) is 4.98. The number of nitrogens with zero attached hydrogens (tertiary/aromatic N) is 1. The molecule has 0 aliphatic carbocycles. The molecule has 1 unspecified atom stereocenters. The van der Waals surface area contributed by atoms with E-state index in [0.29, 0.717) is 5.92 Å². The summed E-state index contributed by atoms with van der Waals surface area (Å²) in [5.74, 6) is 0.584. The number of ether oxygens (including phenoxy) is 2. The Balaban J connectivity index is 1.50. The SMILES string of the molecule is CC(C)(C)OC(=O)N1CCC2(CC1)CC(Cc1ccccc1)CO2. The average molecular weight is 331 g/mol. The molecule has 4 nitrogen and oxygen atoms in total. The number of benzene rings is 1. The summed E-state index contributed by atoms with van der Waals surface area (Å²) in [6, 6.07) is 10.6. The Morgan fingerprint density at radius 1 is 1.25 bits per heavy atom. The zero-order valence-electron chi connectivity index (χ0n) is 15.1. The maximum absolute atomic E-state index is 12.2. The van der Waals surface area contributed by atoms with Crippen molar-refractivity contribution in [3.63, 3.8) is 0 Å². The first kappa shape index (κ1) is 17.3. The molecular formula is C20H29NO3. The molecular weight excluding hydrogens is 302 g/mol. The largest absolute Gasteiger partial charge is 0.444 e. The summed E-state index contributed by atoms with van der Waals surface area (Å²) >= 11 is 0. The van der Waals surface area contributed by atoms with E-state index in [9.17, 15) is 4.79 Å². The van der Waals surface area contributed by atoms with Crippen molar-refractivity contribution in [2.45, 2.75) is 57.7 Å². The lowest BCUT2D eigenvalue weighted by molar-refractivity contribution is -0.0487. The summed E-state index contributed by atoms with van der Waals surface area (Å²) in [7, 11) is 0. The first-order valence-electron chi connectivity index (χ1n) is 9.01. The summed E-state index contributed by atoms with van der Waals surface area (Å²) in [4.78, 5) is 14.0. The zero-order chi connectivity index (χ0) is 17.2. The van der Waals surface area contributed by atoms with Crippen molar-refractivity contribution in [2.24, 2.45) is 5.92 Å². The fraction of sp³-hybridized carbons (Fsp3) is 0.650. The average Bonchev–Trinajstić information content (AvgIpc) is 2.90. The van der Waals surface area contributed by atoms with Crippen LogP contribution < -0.4 is 0 Å². The first-order chi connectivity index (χ1) is 11.4. The highest BCUT2D eigenvalue weighted by Gasteiger charge is 2.43. The summed E-state index contributed by atoms with van der Waals surface area (Å²) in [6.45, 7) is 8.01. The number of carbonyl (C=O) groups excluding carboxylic acids is 1. The number of hydrogen-bond acceptors (Lipinski definition) is 3. The molecule has 1 aromatic rings. The van der Waals surface area contributed by atoms with Crippen LogP contribution in [0.2, 0.25) is 0 Å². The van der Waals surface area contributed by atoms with Gasteiger partial charge in [-0.3, -0.25) is 0 Å². The van der Waals surface area contributed by atoms with Crippen molar-refractivity contribution in [1.29, 1.82) is 0 Å². The van der Waals surface area contributed by atoms with E-state index < -0.39 is 5.60 Å². The molecule has 0 aromatic heterocycles. The lowest BCUT2D eigenvalue weighted by Gasteiger charge is -2.39. The van der Waals surface area contributed by atoms with E-state index in [1.165, 1.54) is 5.56 Å². The molecule has 1 atom stereocenters. The van der Waals surface area contributed by atoms with Gasteiger partial charge >= 0.3 is 6.09 Å². The minimum absolute atomic E-state index is 0.0298. The Bertz CT molecular complexity index is 556. The molecule has 24 heavy (non-hydrogen) atoms. The van der Waals surface area contributed by atoms with Gasteiger partial charge < -0.3 is 14.4 Å². The van der Waals surface area contributed by atoms with E-state index in [-0.39, 0.29) is 11.7 Å². The molecule has 2 fully saturated rings. The van der Waals surface area contributed by atoms with Crippen LogP contribution in [0.15, 0.2) is 30.3 Å². The maximum Gasteiger partial charge on any atom is 0.410 e. The normalized spacial score (nSPS) is 23.5. The maximum atomic E-state index is 12.2. The van der Waals surface area contributed by atoms with Gasteiger partial charge in [-0.15, -0.1) is 0 Å². The van der Waals surface area contributed by atoms with Crippen molar-refractivity contribution in [2.75, 3.05) is 19.7 Å². The highest BCUT2D eigenvalue weighted by Crippen LogP contribution is 2.40. The van der Waals surface area contributed by atoms with Crippen LogP contribution >= 0.6 is 0 Å². The Labute approximate surface area is 145 Å². The second-order valence-electron chi connectivity index (χ2n) is 8.22. The van der Waals surface area contributed by atoms with Gasteiger partial charge in [0.25, 0.3) is 0 Å². The second kappa shape index (κ2) is 6.75. The van der Waals surface area contributed by atoms with Crippen molar-refractivity contribution in [1.82, 2.24) is 4.90 Å². The van der Waals surface area contributed by atoms with Crippen LogP contribution in [0.5, 0.6) is 0 Å². The molecule has 2 aliphatic rings. The number of carbonyl (C=O) groups is 1. The molecule has 0 bridgehead atoms. The Kier molecular flexibility index (Phi) is 4.86. The van der Waals surface area contributed by atoms with E-state index in [4.69, 9.17) is 9.47 Å². The predicted molar refractivity (Wildman–Crippen MR) is 94.0 cm³/mol. The zero-order valence-corrected chi connectivity index (χ0v) is 15.1. The minimum Gasteiger partial charge on any atom is -0.444 e. The standard InChI is InChI=1S/C20H29NO3/c1-19(2,3)24-18(22)21-11-9-20(10-12-21)14-17(15-23-20)13-16-7-5-4-6-8-16/h4-8,17H,9-15H2,1-3H3. The van der Waals surface area contributed by atoms with Crippen LogP contribution in [0.3, 0.4) is 0 Å². The Morgan fingerprint density at radius 3 is 2.54 bits per heavy atom. The minimum atomic E-state index is -0.434. The molecule has 3 rings (SSSR count). The van der Waals surface area contributed by atoms with Crippen LogP contribution in [0.25, 0.3) is 0 Å². The van der Waals surface area contributed by atoms with Crippen LogP contribution in [-0.4, -0.2) is 41.9 Å². The van der Waals surface area contributed by atoms with Gasteiger partial charge in [-0.05, 0) is 57.9 Å². The van der Waals surface area contributed by atoms with E-state index in [1.54, 1.807) is 0 Å². The molecule has 0 saturated carbocycles. The van der Waals surface area contributed by atoms with Crippen LogP contribution in [0, 0.1) is 5.92 Å². The van der Waals surface area contributed by atoms with Gasteiger partial charge in [-0.2, -0.15) is 0 Å².